The number of nitrogens with zero attached hydrogens (tertiary/aromatic N) is 2. The van der Waals surface area contributed by atoms with Gasteiger partial charge in [0.25, 0.3) is 0 Å². The van der Waals surface area contributed by atoms with Gasteiger partial charge in [0, 0.05) is 23.8 Å². The Kier molecular flexibility index (Phi) is 13.8. The fraction of sp³-hybridized carbons (Fsp3) is 0.208. The van der Waals surface area contributed by atoms with E-state index in [9.17, 15) is 0 Å². The molecule has 2 heterocycles. The van der Waals surface area contributed by atoms with Crippen LogP contribution in [-0.2, 0) is 36.7 Å². The topological polar surface area (TPSA) is 25.8 Å². The smallest absolute Gasteiger partial charge is 1.00 e. The summed E-state index contributed by atoms with van der Waals surface area (Å²) in [6.45, 7) is 13.5. The first-order valence-electron chi connectivity index (χ1n) is 17.6. The van der Waals surface area contributed by atoms with Crippen LogP contribution in [0.1, 0.15) is 98.1 Å². The number of pyridine rings is 2. The standard InChI is InChI=1S/2C24H22N.2ClH.Hf/c2*1-24(2,3)18-12-10-17(11-13-18)19-7-6-8-20-21(19)14-15-22(20)23-9-4-5-16-25-23;;;/h2*4-14,16,22H,1-3H3;2*1H;/q2*-1;;;+4/p-2. The molecular formula is C48H44Cl2HfN2. The van der Waals surface area contributed by atoms with Crippen LogP contribution in [0.4, 0.5) is 0 Å². The van der Waals surface area contributed by atoms with Crippen LogP contribution < -0.4 is 24.8 Å². The summed E-state index contributed by atoms with van der Waals surface area (Å²) in [5.74, 6) is 0.259. The van der Waals surface area contributed by atoms with Crippen molar-refractivity contribution in [2.75, 3.05) is 0 Å². The van der Waals surface area contributed by atoms with Crippen LogP contribution >= 0.6 is 0 Å². The van der Waals surface area contributed by atoms with Crippen molar-refractivity contribution >= 4 is 12.2 Å². The molecule has 0 fully saturated rings. The summed E-state index contributed by atoms with van der Waals surface area (Å²) in [6.07, 6.45) is 14.9. The van der Waals surface area contributed by atoms with Gasteiger partial charge in [-0.2, -0.15) is 11.1 Å². The van der Waals surface area contributed by atoms with Crippen LogP contribution in [0.25, 0.3) is 34.4 Å². The van der Waals surface area contributed by atoms with E-state index in [1.165, 1.54) is 55.6 Å². The first kappa shape index (κ1) is 41.9. The largest absolute Gasteiger partial charge is 4.00 e. The number of hydrogen-bond acceptors (Lipinski definition) is 2. The van der Waals surface area contributed by atoms with Crippen molar-refractivity contribution in [1.82, 2.24) is 9.97 Å². The van der Waals surface area contributed by atoms with Crippen molar-refractivity contribution in [2.24, 2.45) is 0 Å². The molecule has 0 radical (unpaired) electrons. The molecule has 53 heavy (non-hydrogen) atoms. The molecule has 6 aromatic rings. The van der Waals surface area contributed by atoms with Crippen LogP contribution in [0.5, 0.6) is 0 Å². The van der Waals surface area contributed by atoms with Gasteiger partial charge in [-0.05, 0) is 69.2 Å². The van der Waals surface area contributed by atoms with E-state index >= 15 is 0 Å². The van der Waals surface area contributed by atoms with Gasteiger partial charge in [-0.3, -0.25) is 22.1 Å². The Labute approximate surface area is 347 Å². The summed E-state index contributed by atoms with van der Waals surface area (Å²) in [5.41, 5.74) is 15.3. The van der Waals surface area contributed by atoms with Crippen molar-refractivity contribution in [3.63, 3.8) is 0 Å². The molecule has 0 spiro atoms. The number of halogens is 2. The molecule has 5 heteroatoms. The van der Waals surface area contributed by atoms with Gasteiger partial charge in [0.2, 0.25) is 0 Å². The fourth-order valence-electron chi connectivity index (χ4n) is 6.89. The van der Waals surface area contributed by atoms with Gasteiger partial charge in [-0.15, -0.1) is 11.1 Å². The van der Waals surface area contributed by atoms with Crippen molar-refractivity contribution < 1.29 is 50.7 Å². The predicted molar refractivity (Wildman–Crippen MR) is 209 cm³/mol. The van der Waals surface area contributed by atoms with Crippen molar-refractivity contribution in [3.05, 3.63) is 191 Å². The second-order valence-electron chi connectivity index (χ2n) is 15.3. The molecule has 8 rings (SSSR count). The maximum absolute atomic E-state index is 4.52. The zero-order chi connectivity index (χ0) is 34.9. The van der Waals surface area contributed by atoms with Gasteiger partial charge in [0.1, 0.15) is 0 Å². The quantitative estimate of drug-likeness (QED) is 0.160. The molecule has 0 N–H and O–H groups in total. The Bertz CT molecular complexity index is 2000. The molecule has 0 aliphatic heterocycles. The summed E-state index contributed by atoms with van der Waals surface area (Å²) >= 11 is 0. The van der Waals surface area contributed by atoms with Crippen LogP contribution in [-0.4, -0.2) is 9.97 Å². The van der Waals surface area contributed by atoms with Crippen molar-refractivity contribution in [2.45, 2.75) is 64.2 Å². The molecule has 0 saturated heterocycles. The van der Waals surface area contributed by atoms with Crippen LogP contribution in [0.3, 0.4) is 0 Å². The van der Waals surface area contributed by atoms with Crippen molar-refractivity contribution in [1.29, 1.82) is 0 Å². The van der Waals surface area contributed by atoms with Gasteiger partial charge in [0.05, 0.1) is 0 Å². The number of fused-ring (bicyclic) bond motifs is 2. The van der Waals surface area contributed by atoms with E-state index in [1.54, 1.807) is 0 Å². The summed E-state index contributed by atoms with van der Waals surface area (Å²) in [5, 5.41) is 0. The molecule has 2 atom stereocenters. The molecule has 2 aliphatic carbocycles. The molecule has 0 bridgehead atoms. The summed E-state index contributed by atoms with van der Waals surface area (Å²) in [7, 11) is 0. The second kappa shape index (κ2) is 17.5. The van der Waals surface area contributed by atoms with E-state index in [1.807, 2.05) is 36.7 Å². The molecule has 2 aromatic heterocycles. The third kappa shape index (κ3) is 9.08. The minimum atomic E-state index is 0. The summed E-state index contributed by atoms with van der Waals surface area (Å²) in [4.78, 5) is 9.04. The third-order valence-corrected chi connectivity index (χ3v) is 9.78. The second-order valence-corrected chi connectivity index (χ2v) is 15.3. The van der Waals surface area contributed by atoms with Crippen LogP contribution in [0, 0.1) is 12.2 Å². The van der Waals surface area contributed by atoms with Gasteiger partial charge in [-0.25, -0.2) is 12.2 Å². The predicted octanol–water partition coefficient (Wildman–Crippen LogP) is 6.02. The minimum absolute atomic E-state index is 0. The van der Waals surface area contributed by atoms with Gasteiger partial charge in [-0.1, -0.05) is 150 Å². The summed E-state index contributed by atoms with van der Waals surface area (Å²) < 4.78 is 0. The van der Waals surface area contributed by atoms with Crippen LogP contribution in [0.15, 0.2) is 134 Å². The molecule has 2 unspecified atom stereocenters. The fourth-order valence-corrected chi connectivity index (χ4v) is 6.89. The number of benzene rings is 4. The van der Waals surface area contributed by atoms with E-state index in [0.717, 1.165) is 11.4 Å². The normalized spacial score (nSPS) is 15.1. The molecule has 2 nitrogen and oxygen atoms in total. The number of rotatable bonds is 4. The Morgan fingerprint density at radius 2 is 0.830 bits per heavy atom. The maximum Gasteiger partial charge on any atom is 4.00 e. The van der Waals surface area contributed by atoms with E-state index < -0.39 is 0 Å². The van der Waals surface area contributed by atoms with Gasteiger partial charge in [0.15, 0.2) is 0 Å². The van der Waals surface area contributed by atoms with E-state index in [2.05, 4.69) is 173 Å². The van der Waals surface area contributed by atoms with E-state index in [-0.39, 0.29) is 73.3 Å². The molecule has 264 valence electrons. The zero-order valence-corrected chi connectivity index (χ0v) is 36.3. The summed E-state index contributed by atoms with van der Waals surface area (Å²) in [6, 6.07) is 43.1. The molecule has 2 aliphatic rings. The Morgan fingerprint density at radius 3 is 1.15 bits per heavy atom. The third-order valence-electron chi connectivity index (χ3n) is 9.78. The average molecular weight is 898 g/mol. The number of allylic oxidation sites excluding steroid dienone is 2. The van der Waals surface area contributed by atoms with Gasteiger partial charge >= 0.3 is 25.8 Å². The molecule has 0 amide bonds. The van der Waals surface area contributed by atoms with Crippen LogP contribution in [0.2, 0.25) is 0 Å². The average Bonchev–Trinajstić information content (AvgIpc) is 3.77. The molecular weight excluding hydrogens is 854 g/mol. The Hall–Kier alpha value is -3.89. The first-order valence-corrected chi connectivity index (χ1v) is 17.6. The van der Waals surface area contributed by atoms with E-state index in [4.69, 9.17) is 0 Å². The number of aromatic nitrogens is 2. The molecule has 0 saturated carbocycles. The first-order chi connectivity index (χ1) is 24.1. The number of hydrogen-bond donors (Lipinski definition) is 0. The van der Waals surface area contributed by atoms with Crippen molar-refractivity contribution in [3.8, 4) is 22.3 Å². The van der Waals surface area contributed by atoms with E-state index in [0.29, 0.717) is 0 Å². The maximum atomic E-state index is 4.52. The Balaban J connectivity index is 0.000000224. The molecule has 4 aromatic carbocycles. The Morgan fingerprint density at radius 1 is 0.453 bits per heavy atom. The zero-order valence-electron chi connectivity index (χ0n) is 31.2. The monoisotopic (exact) mass is 898 g/mol. The minimum Gasteiger partial charge on any atom is -1.00 e. The van der Waals surface area contributed by atoms with Gasteiger partial charge < -0.3 is 24.8 Å². The SMILES string of the molecule is CC(C)(C)c1ccc(-c2cccc3c2C=[C-]C3c2ccccn2)cc1.CC(C)(C)c1ccc(-c2cccc3c2C=[C-]C3c2ccccn2)cc1.[Cl-].[Cl-].[Hf+4].